The first kappa shape index (κ1) is 19.1. The van der Waals surface area contributed by atoms with Crippen LogP contribution < -0.4 is 20.5 Å². The number of hydrogen-bond donors (Lipinski definition) is 2. The molecule has 0 saturated heterocycles. The van der Waals surface area contributed by atoms with Crippen LogP contribution in [-0.4, -0.2) is 38.3 Å². The molecular formula is C18H26N4O2S. The van der Waals surface area contributed by atoms with Crippen LogP contribution >= 0.6 is 11.3 Å². The van der Waals surface area contributed by atoms with Crippen molar-refractivity contribution in [2.75, 3.05) is 27.3 Å². The lowest BCUT2D eigenvalue weighted by molar-refractivity contribution is 0.354. The first-order valence-electron chi connectivity index (χ1n) is 8.21. The van der Waals surface area contributed by atoms with Gasteiger partial charge < -0.3 is 20.5 Å². The molecule has 3 N–H and O–H groups in total. The van der Waals surface area contributed by atoms with Gasteiger partial charge in [0.25, 0.3) is 0 Å². The second-order valence-corrected chi connectivity index (χ2v) is 6.91. The Morgan fingerprint density at radius 3 is 2.60 bits per heavy atom. The van der Waals surface area contributed by atoms with Crippen LogP contribution in [0.5, 0.6) is 11.5 Å². The minimum atomic E-state index is 0.472. The first-order chi connectivity index (χ1) is 12.0. The van der Waals surface area contributed by atoms with Crippen LogP contribution in [0.2, 0.25) is 0 Å². The predicted molar refractivity (Wildman–Crippen MR) is 103 cm³/mol. The second kappa shape index (κ2) is 9.27. The van der Waals surface area contributed by atoms with Crippen molar-refractivity contribution < 1.29 is 9.47 Å². The fourth-order valence-electron chi connectivity index (χ4n) is 2.51. The Morgan fingerprint density at radius 1 is 1.20 bits per heavy atom. The van der Waals surface area contributed by atoms with Gasteiger partial charge in [-0.15, -0.1) is 11.3 Å². The number of methoxy groups -OCH3 is 2. The number of aromatic nitrogens is 1. The Hall–Kier alpha value is -2.28. The molecule has 136 valence electrons. The molecule has 0 aliphatic heterocycles. The summed E-state index contributed by atoms with van der Waals surface area (Å²) in [5.41, 5.74) is 8.17. The smallest absolute Gasteiger partial charge is 0.188 e. The maximum atomic E-state index is 5.93. The summed E-state index contributed by atoms with van der Waals surface area (Å²) < 4.78 is 10.6. The van der Waals surface area contributed by atoms with Crippen molar-refractivity contribution in [1.82, 2.24) is 10.3 Å². The summed E-state index contributed by atoms with van der Waals surface area (Å²) in [7, 11) is 3.27. The zero-order chi connectivity index (χ0) is 18.2. The van der Waals surface area contributed by atoms with Gasteiger partial charge in [0.2, 0.25) is 0 Å². The normalized spacial score (nSPS) is 11.4. The van der Waals surface area contributed by atoms with Crippen molar-refractivity contribution in [1.29, 1.82) is 0 Å². The number of thiazole rings is 1. The van der Waals surface area contributed by atoms with Gasteiger partial charge in [0, 0.05) is 24.4 Å². The molecule has 2 aromatic rings. The first-order valence-corrected chi connectivity index (χ1v) is 9.02. The number of guanidine groups is 1. The van der Waals surface area contributed by atoms with Crippen LogP contribution in [0.15, 0.2) is 23.2 Å². The molecule has 7 heteroatoms. The van der Waals surface area contributed by atoms with E-state index in [1.165, 1.54) is 4.88 Å². The summed E-state index contributed by atoms with van der Waals surface area (Å²) in [6.45, 7) is 5.43. The third kappa shape index (κ3) is 5.63. The average molecular weight is 362 g/mol. The van der Waals surface area contributed by atoms with E-state index in [4.69, 9.17) is 15.2 Å². The molecule has 0 atom stereocenters. The molecule has 0 fully saturated rings. The molecular weight excluding hydrogens is 336 g/mol. The van der Waals surface area contributed by atoms with Crippen molar-refractivity contribution in [3.05, 3.63) is 39.3 Å². The van der Waals surface area contributed by atoms with E-state index in [0.29, 0.717) is 19.0 Å². The fourth-order valence-corrected chi connectivity index (χ4v) is 3.44. The lowest BCUT2D eigenvalue weighted by Gasteiger charge is -2.10. The largest absolute Gasteiger partial charge is 0.493 e. The topological polar surface area (TPSA) is 81.8 Å². The Labute approximate surface area is 153 Å². The molecule has 0 unspecified atom stereocenters. The highest BCUT2D eigenvalue weighted by Gasteiger charge is 2.05. The van der Waals surface area contributed by atoms with Gasteiger partial charge in [0.15, 0.2) is 17.5 Å². The van der Waals surface area contributed by atoms with Crippen molar-refractivity contribution in [3.8, 4) is 11.5 Å². The molecule has 0 spiro atoms. The van der Waals surface area contributed by atoms with E-state index in [-0.39, 0.29) is 0 Å². The molecule has 2 rings (SSSR count). The molecule has 25 heavy (non-hydrogen) atoms. The summed E-state index contributed by atoms with van der Waals surface area (Å²) in [5.74, 6) is 1.94. The third-order valence-corrected chi connectivity index (χ3v) is 4.92. The van der Waals surface area contributed by atoms with Crippen LogP contribution in [0, 0.1) is 13.8 Å². The molecule has 0 radical (unpaired) electrons. The number of benzene rings is 1. The van der Waals surface area contributed by atoms with E-state index in [9.17, 15) is 0 Å². The lowest BCUT2D eigenvalue weighted by Crippen LogP contribution is -2.33. The number of aliphatic imine (C=N–C) groups is 1. The quantitative estimate of drug-likeness (QED) is 0.557. The zero-order valence-corrected chi connectivity index (χ0v) is 16.1. The molecule has 0 saturated carbocycles. The third-order valence-electron chi connectivity index (χ3n) is 3.79. The zero-order valence-electron chi connectivity index (χ0n) is 15.3. The van der Waals surface area contributed by atoms with E-state index < -0.39 is 0 Å². The maximum Gasteiger partial charge on any atom is 0.188 e. The van der Waals surface area contributed by atoms with Crippen molar-refractivity contribution in [2.24, 2.45) is 10.7 Å². The van der Waals surface area contributed by atoms with E-state index in [1.54, 1.807) is 25.6 Å². The Bertz CT molecular complexity index is 728. The van der Waals surface area contributed by atoms with E-state index >= 15 is 0 Å². The van der Waals surface area contributed by atoms with Gasteiger partial charge >= 0.3 is 0 Å². The minimum Gasteiger partial charge on any atom is -0.493 e. The van der Waals surface area contributed by atoms with Crippen LogP contribution in [-0.2, 0) is 12.8 Å². The van der Waals surface area contributed by atoms with Gasteiger partial charge in [-0.05, 0) is 38.0 Å². The summed E-state index contributed by atoms with van der Waals surface area (Å²) in [5, 5.41) is 4.24. The highest BCUT2D eigenvalue weighted by molar-refractivity contribution is 7.11. The van der Waals surface area contributed by atoms with Crippen LogP contribution in [0.4, 0.5) is 0 Å². The highest BCUT2D eigenvalue weighted by atomic mass is 32.1. The van der Waals surface area contributed by atoms with Crippen molar-refractivity contribution >= 4 is 17.3 Å². The summed E-state index contributed by atoms with van der Waals surface area (Å²) in [4.78, 5) is 10.1. The number of ether oxygens (including phenoxy) is 2. The standard InChI is InChI=1S/C18H26N4O2S/c1-12-17(25-13(2)22-12)8-10-21-18(19)20-9-7-14-5-6-15(23-3)16(11-14)24-4/h5-6,11H,7-10H2,1-4H3,(H3,19,20,21). The molecule has 6 nitrogen and oxygen atoms in total. The lowest BCUT2D eigenvalue weighted by atomic mass is 10.1. The molecule has 1 aromatic heterocycles. The van der Waals surface area contributed by atoms with E-state index in [2.05, 4.69) is 15.3 Å². The molecule has 0 aliphatic rings. The molecule has 1 aromatic carbocycles. The number of nitrogens with zero attached hydrogens (tertiary/aromatic N) is 2. The number of nitrogens with one attached hydrogen (secondary N) is 1. The SMILES string of the molecule is COc1ccc(CCNC(N)=NCCc2sc(C)nc2C)cc1OC. The molecule has 0 amide bonds. The van der Waals surface area contributed by atoms with Crippen LogP contribution in [0.25, 0.3) is 0 Å². The Kier molecular flexibility index (Phi) is 7.06. The van der Waals surface area contributed by atoms with Crippen molar-refractivity contribution in [2.45, 2.75) is 26.7 Å². The van der Waals surface area contributed by atoms with Gasteiger partial charge in [0.1, 0.15) is 0 Å². The highest BCUT2D eigenvalue weighted by Crippen LogP contribution is 2.27. The number of nitrogens with two attached hydrogens (primary N) is 1. The average Bonchev–Trinajstić information content (AvgIpc) is 2.92. The van der Waals surface area contributed by atoms with Crippen LogP contribution in [0.1, 0.15) is 21.1 Å². The molecule has 0 bridgehead atoms. The minimum absolute atomic E-state index is 0.472. The summed E-state index contributed by atoms with van der Waals surface area (Å²) >= 11 is 1.72. The number of aryl methyl sites for hydroxylation is 2. The monoisotopic (exact) mass is 362 g/mol. The number of rotatable bonds is 8. The van der Waals surface area contributed by atoms with E-state index in [0.717, 1.165) is 40.6 Å². The summed E-state index contributed by atoms with van der Waals surface area (Å²) in [6, 6.07) is 5.90. The molecule has 0 aliphatic carbocycles. The van der Waals surface area contributed by atoms with Crippen molar-refractivity contribution in [3.63, 3.8) is 0 Å². The Morgan fingerprint density at radius 2 is 1.96 bits per heavy atom. The van der Waals surface area contributed by atoms with Gasteiger partial charge in [-0.2, -0.15) is 0 Å². The Balaban J connectivity index is 1.78. The second-order valence-electron chi connectivity index (χ2n) is 5.62. The number of hydrogen-bond acceptors (Lipinski definition) is 5. The van der Waals surface area contributed by atoms with Gasteiger partial charge in [-0.25, -0.2) is 4.98 Å². The van der Waals surface area contributed by atoms with E-state index in [1.807, 2.05) is 32.0 Å². The fraction of sp³-hybridized carbons (Fsp3) is 0.444. The molecule has 1 heterocycles. The van der Waals surface area contributed by atoms with Gasteiger partial charge in [0.05, 0.1) is 24.9 Å². The maximum absolute atomic E-state index is 5.93. The van der Waals surface area contributed by atoms with Crippen LogP contribution in [0.3, 0.4) is 0 Å². The summed E-state index contributed by atoms with van der Waals surface area (Å²) in [6.07, 6.45) is 1.69. The van der Waals surface area contributed by atoms with Gasteiger partial charge in [-0.3, -0.25) is 4.99 Å². The van der Waals surface area contributed by atoms with Gasteiger partial charge in [-0.1, -0.05) is 6.07 Å². The predicted octanol–water partition coefficient (Wildman–Crippen LogP) is 2.47.